The Labute approximate surface area is 139 Å². The molecule has 1 fully saturated rings. The summed E-state index contributed by atoms with van der Waals surface area (Å²) in [4.78, 5) is 12.7. The van der Waals surface area contributed by atoms with Crippen LogP contribution in [0.25, 0.3) is 0 Å². The number of benzene rings is 1. The van der Waals surface area contributed by atoms with Crippen molar-refractivity contribution in [2.24, 2.45) is 0 Å². The Kier molecular flexibility index (Phi) is 5.29. The molecule has 1 heterocycles. The molecule has 7 heteroatoms. The van der Waals surface area contributed by atoms with E-state index in [1.807, 2.05) is 0 Å². The highest BCUT2D eigenvalue weighted by Crippen LogP contribution is 2.27. The zero-order valence-corrected chi connectivity index (χ0v) is 15.1. The fourth-order valence-corrected chi connectivity index (χ4v) is 4.01. The Bertz CT molecular complexity index is 635. The quantitative estimate of drug-likeness (QED) is 0.825. The van der Waals surface area contributed by atoms with Crippen LogP contribution in [-0.2, 0) is 14.6 Å². The molecule has 22 heavy (non-hydrogen) atoms. The molecule has 1 aliphatic heterocycles. The summed E-state index contributed by atoms with van der Waals surface area (Å²) in [5.74, 6) is -0.442. The first-order valence-electron chi connectivity index (χ1n) is 7.27. The predicted molar refractivity (Wildman–Crippen MR) is 89.4 cm³/mol. The van der Waals surface area contributed by atoms with Gasteiger partial charge in [-0.05, 0) is 64.0 Å². The van der Waals surface area contributed by atoms with Crippen molar-refractivity contribution in [1.82, 2.24) is 10.6 Å². The number of nitrogens with one attached hydrogen (secondary N) is 2. The minimum absolute atomic E-state index is 0.0353. The van der Waals surface area contributed by atoms with E-state index in [1.54, 1.807) is 12.1 Å². The fraction of sp³-hybridized carbons (Fsp3) is 0.533. The molecule has 0 bridgehead atoms. The second kappa shape index (κ2) is 6.68. The largest absolute Gasteiger partial charge is 0.352 e. The third kappa shape index (κ3) is 3.52. The molecule has 122 valence electrons. The van der Waals surface area contributed by atoms with Gasteiger partial charge < -0.3 is 10.6 Å². The molecule has 0 aliphatic carbocycles. The molecule has 5 nitrogen and oxygen atoms in total. The van der Waals surface area contributed by atoms with Crippen molar-refractivity contribution < 1.29 is 13.2 Å². The Morgan fingerprint density at radius 1 is 1.23 bits per heavy atom. The molecule has 0 radical (unpaired) electrons. The zero-order chi connectivity index (χ0) is 16.4. The Morgan fingerprint density at radius 2 is 1.77 bits per heavy atom. The van der Waals surface area contributed by atoms with Crippen LogP contribution in [0.5, 0.6) is 0 Å². The molecule has 0 unspecified atom stereocenters. The topological polar surface area (TPSA) is 75.3 Å². The molecule has 1 saturated heterocycles. The molecule has 2 N–H and O–H groups in total. The van der Waals surface area contributed by atoms with Crippen LogP contribution in [0.1, 0.15) is 26.7 Å². The molecule has 1 aromatic carbocycles. The Hall–Kier alpha value is -0.920. The van der Waals surface area contributed by atoms with Gasteiger partial charge >= 0.3 is 0 Å². The summed E-state index contributed by atoms with van der Waals surface area (Å²) < 4.78 is 24.8. The number of hydrogen-bond acceptors (Lipinski definition) is 4. The highest BCUT2D eigenvalue weighted by molar-refractivity contribution is 9.10. The van der Waals surface area contributed by atoms with E-state index in [1.165, 1.54) is 26.0 Å². The van der Waals surface area contributed by atoms with E-state index in [0.717, 1.165) is 30.4 Å². The lowest BCUT2D eigenvalue weighted by atomic mass is 10.1. The van der Waals surface area contributed by atoms with Crippen molar-refractivity contribution in [2.45, 2.75) is 42.4 Å². The highest BCUT2D eigenvalue weighted by Gasteiger charge is 2.43. The van der Waals surface area contributed by atoms with Crippen molar-refractivity contribution >= 4 is 31.7 Å². The molecule has 0 aromatic heterocycles. The second-order valence-electron chi connectivity index (χ2n) is 5.97. The summed E-state index contributed by atoms with van der Waals surface area (Å²) in [6.07, 6.45) is 1.64. The van der Waals surface area contributed by atoms with Gasteiger partial charge in [0.05, 0.1) is 4.90 Å². The molecular weight excluding hydrogens is 368 g/mol. The second-order valence-corrected chi connectivity index (χ2v) is 9.38. The van der Waals surface area contributed by atoms with Crippen molar-refractivity contribution in [3.8, 4) is 0 Å². The van der Waals surface area contributed by atoms with Gasteiger partial charge in [-0.15, -0.1) is 0 Å². The minimum atomic E-state index is -3.75. The first-order chi connectivity index (χ1) is 10.2. The monoisotopic (exact) mass is 388 g/mol. The van der Waals surface area contributed by atoms with Crippen LogP contribution in [0.2, 0.25) is 0 Å². The van der Waals surface area contributed by atoms with Crippen LogP contribution >= 0.6 is 15.9 Å². The first kappa shape index (κ1) is 17.4. The van der Waals surface area contributed by atoms with E-state index in [2.05, 4.69) is 26.6 Å². The van der Waals surface area contributed by atoms with E-state index < -0.39 is 20.5 Å². The summed E-state index contributed by atoms with van der Waals surface area (Å²) in [5, 5.41) is 6.09. The van der Waals surface area contributed by atoms with Crippen LogP contribution in [0.4, 0.5) is 0 Å². The van der Waals surface area contributed by atoms with Crippen LogP contribution < -0.4 is 10.6 Å². The van der Waals surface area contributed by atoms with Gasteiger partial charge in [0.1, 0.15) is 4.75 Å². The average molecular weight is 389 g/mol. The third-order valence-electron chi connectivity index (χ3n) is 4.02. The average Bonchev–Trinajstić information content (AvgIpc) is 2.48. The fourth-order valence-electron chi connectivity index (χ4n) is 2.36. The summed E-state index contributed by atoms with van der Waals surface area (Å²) in [6.45, 7) is 4.59. The van der Waals surface area contributed by atoms with E-state index in [0.29, 0.717) is 0 Å². The number of rotatable bonds is 4. The molecule has 0 atom stereocenters. The maximum atomic E-state index is 12.8. The number of carbonyl (C=O) groups excluding carboxylic acids is 1. The molecule has 2 rings (SSSR count). The molecule has 0 spiro atoms. The smallest absolute Gasteiger partial charge is 0.241 e. The van der Waals surface area contributed by atoms with Crippen molar-refractivity contribution in [1.29, 1.82) is 0 Å². The molecule has 1 amide bonds. The Morgan fingerprint density at radius 3 is 2.32 bits per heavy atom. The number of piperidine rings is 1. The SMILES string of the molecule is CC(C)(C(=O)NC1CCNCC1)S(=O)(=O)c1ccc(Br)cc1. The van der Waals surface area contributed by atoms with Gasteiger partial charge in [-0.25, -0.2) is 8.42 Å². The normalized spacial score (nSPS) is 17.2. The molecule has 0 saturated carbocycles. The van der Waals surface area contributed by atoms with E-state index in [-0.39, 0.29) is 10.9 Å². The van der Waals surface area contributed by atoms with Gasteiger partial charge in [-0.2, -0.15) is 0 Å². The molecule has 1 aliphatic rings. The summed E-state index contributed by atoms with van der Waals surface area (Å²) >= 11 is 3.28. The van der Waals surface area contributed by atoms with Crippen LogP contribution in [0.3, 0.4) is 0 Å². The van der Waals surface area contributed by atoms with Gasteiger partial charge in [0, 0.05) is 10.5 Å². The molecular formula is C15H21BrN2O3S. The van der Waals surface area contributed by atoms with E-state index in [9.17, 15) is 13.2 Å². The minimum Gasteiger partial charge on any atom is -0.352 e. The standard InChI is InChI=1S/C15H21BrN2O3S/c1-15(2,14(19)18-12-7-9-17-10-8-12)22(20,21)13-5-3-11(16)4-6-13/h3-6,12,17H,7-10H2,1-2H3,(H,18,19). The van der Waals surface area contributed by atoms with Gasteiger partial charge in [-0.3, -0.25) is 4.79 Å². The van der Waals surface area contributed by atoms with Crippen molar-refractivity contribution in [3.63, 3.8) is 0 Å². The van der Waals surface area contributed by atoms with Crippen LogP contribution in [0, 0.1) is 0 Å². The number of sulfone groups is 1. The maximum Gasteiger partial charge on any atom is 0.241 e. The zero-order valence-electron chi connectivity index (χ0n) is 12.7. The number of carbonyl (C=O) groups is 1. The van der Waals surface area contributed by atoms with E-state index >= 15 is 0 Å². The van der Waals surface area contributed by atoms with Gasteiger partial charge in [0.15, 0.2) is 9.84 Å². The Balaban J connectivity index is 2.19. The summed E-state index contributed by atoms with van der Waals surface area (Å²) in [7, 11) is -3.75. The van der Waals surface area contributed by atoms with Crippen molar-refractivity contribution in [2.75, 3.05) is 13.1 Å². The van der Waals surface area contributed by atoms with Gasteiger partial charge in [0.25, 0.3) is 0 Å². The highest BCUT2D eigenvalue weighted by atomic mass is 79.9. The number of halogens is 1. The van der Waals surface area contributed by atoms with E-state index in [4.69, 9.17) is 0 Å². The van der Waals surface area contributed by atoms with Gasteiger partial charge in [-0.1, -0.05) is 15.9 Å². The van der Waals surface area contributed by atoms with Crippen LogP contribution in [-0.4, -0.2) is 38.2 Å². The first-order valence-corrected chi connectivity index (χ1v) is 9.54. The number of hydrogen-bond donors (Lipinski definition) is 2. The third-order valence-corrected chi connectivity index (χ3v) is 6.97. The summed E-state index contributed by atoms with van der Waals surface area (Å²) in [6, 6.07) is 6.38. The van der Waals surface area contributed by atoms with Crippen molar-refractivity contribution in [3.05, 3.63) is 28.7 Å². The predicted octanol–water partition coefficient (Wildman–Crippen LogP) is 1.87. The number of amides is 1. The van der Waals surface area contributed by atoms with Gasteiger partial charge in [0.2, 0.25) is 5.91 Å². The lowest BCUT2D eigenvalue weighted by molar-refractivity contribution is -0.123. The lowest BCUT2D eigenvalue weighted by Gasteiger charge is -2.29. The summed E-state index contributed by atoms with van der Waals surface area (Å²) in [5.41, 5.74) is 0. The maximum absolute atomic E-state index is 12.8. The molecule has 1 aromatic rings. The van der Waals surface area contributed by atoms with Crippen LogP contribution in [0.15, 0.2) is 33.6 Å². The lowest BCUT2D eigenvalue weighted by Crippen LogP contribution is -2.53.